The van der Waals surface area contributed by atoms with Crippen LogP contribution in [0.1, 0.15) is 22.3 Å². The molecule has 0 aromatic heterocycles. The molecule has 4 aromatic rings. The average molecular weight is 488 g/mol. The standard InChI is InChI=1S/C26H16STe/c1-3-11-19-17(9-1)18-10-2-4-12-20(18)25(19)26(27-25)21-13-5-7-15-23(21)28-24-16-8-6-14-22(24)26/h1-16H. The first-order chi connectivity index (χ1) is 13.9. The Morgan fingerprint density at radius 2 is 0.857 bits per heavy atom. The molecule has 7 rings (SSSR count). The van der Waals surface area contributed by atoms with E-state index in [4.69, 9.17) is 0 Å². The minimum atomic E-state index is -0.338. The van der Waals surface area contributed by atoms with E-state index < -0.39 is 0 Å². The molecule has 2 aliphatic heterocycles. The molecular formula is C26H16STe. The second-order valence-electron chi connectivity index (χ2n) is 7.65. The Hall–Kier alpha value is -1.98. The average Bonchev–Trinajstić information content (AvgIpc) is 3.36. The molecule has 3 aliphatic rings. The fraction of sp³-hybridized carbons (Fsp3) is 0.0769. The summed E-state index contributed by atoms with van der Waals surface area (Å²) in [5, 5.41) is 0. The number of fused-ring (bicyclic) bond motifs is 10. The third-order valence-electron chi connectivity index (χ3n) is 6.42. The van der Waals surface area contributed by atoms with E-state index in [2.05, 4.69) is 109 Å². The molecule has 28 heavy (non-hydrogen) atoms. The summed E-state index contributed by atoms with van der Waals surface area (Å²) in [7, 11) is 0. The number of hydrogen-bond donors (Lipinski definition) is 0. The van der Waals surface area contributed by atoms with Crippen LogP contribution in [0.4, 0.5) is 0 Å². The molecule has 0 atom stereocenters. The monoisotopic (exact) mass is 490 g/mol. The number of hydrogen-bond acceptors (Lipinski definition) is 1. The Balaban J connectivity index is 1.62. The van der Waals surface area contributed by atoms with Crippen molar-refractivity contribution in [3.05, 3.63) is 119 Å². The third kappa shape index (κ3) is 1.68. The van der Waals surface area contributed by atoms with Crippen molar-refractivity contribution in [2.24, 2.45) is 0 Å². The SMILES string of the molecule is c1ccc2c(c1)[Te]c1ccccc1C21SC12c1ccccc1-c1ccccc12. The zero-order valence-corrected chi connectivity index (χ0v) is 18.2. The second kappa shape index (κ2) is 5.33. The van der Waals surface area contributed by atoms with Gasteiger partial charge in [-0.2, -0.15) is 0 Å². The van der Waals surface area contributed by atoms with Gasteiger partial charge in [-0.05, 0) is 0 Å². The van der Waals surface area contributed by atoms with Crippen molar-refractivity contribution in [2.75, 3.05) is 0 Å². The molecule has 132 valence electrons. The zero-order chi connectivity index (χ0) is 18.3. The Morgan fingerprint density at radius 1 is 0.464 bits per heavy atom. The van der Waals surface area contributed by atoms with Crippen LogP contribution in [0.5, 0.6) is 0 Å². The van der Waals surface area contributed by atoms with E-state index >= 15 is 0 Å². The van der Waals surface area contributed by atoms with E-state index in [9.17, 15) is 0 Å². The Morgan fingerprint density at radius 3 is 1.39 bits per heavy atom. The van der Waals surface area contributed by atoms with Crippen LogP contribution in [0.15, 0.2) is 97.1 Å². The molecule has 0 bridgehead atoms. The fourth-order valence-electron chi connectivity index (χ4n) is 5.33. The maximum absolute atomic E-state index is 2.40. The summed E-state index contributed by atoms with van der Waals surface area (Å²) in [5.74, 6) is 0. The normalized spacial score (nSPS) is 18.3. The molecule has 0 unspecified atom stereocenters. The van der Waals surface area contributed by atoms with Crippen molar-refractivity contribution < 1.29 is 0 Å². The molecule has 0 radical (unpaired) electrons. The van der Waals surface area contributed by atoms with Gasteiger partial charge >= 0.3 is 180 Å². The Labute approximate surface area is 179 Å². The van der Waals surface area contributed by atoms with Crippen molar-refractivity contribution in [3.63, 3.8) is 0 Å². The summed E-state index contributed by atoms with van der Waals surface area (Å²) in [6, 6.07) is 36.7. The van der Waals surface area contributed by atoms with Crippen molar-refractivity contribution in [1.29, 1.82) is 0 Å². The first kappa shape index (κ1) is 15.9. The van der Waals surface area contributed by atoms with Gasteiger partial charge in [0.25, 0.3) is 0 Å². The van der Waals surface area contributed by atoms with E-state index in [1.54, 1.807) is 18.3 Å². The molecular weight excluding hydrogens is 472 g/mol. The fourth-order valence-corrected chi connectivity index (χ4v) is 11.1. The molecule has 0 amide bonds. The van der Waals surface area contributed by atoms with Gasteiger partial charge in [0, 0.05) is 0 Å². The van der Waals surface area contributed by atoms with Gasteiger partial charge in [0.1, 0.15) is 0 Å². The predicted octanol–water partition coefficient (Wildman–Crippen LogP) is 4.57. The van der Waals surface area contributed by atoms with Crippen molar-refractivity contribution in [3.8, 4) is 11.1 Å². The van der Waals surface area contributed by atoms with Gasteiger partial charge in [-0.3, -0.25) is 0 Å². The van der Waals surface area contributed by atoms with Crippen molar-refractivity contribution in [2.45, 2.75) is 9.49 Å². The number of benzene rings is 4. The van der Waals surface area contributed by atoms with Crippen LogP contribution in [0.3, 0.4) is 0 Å². The van der Waals surface area contributed by atoms with Crippen LogP contribution in [0, 0.1) is 0 Å². The van der Waals surface area contributed by atoms with Gasteiger partial charge in [0.05, 0.1) is 0 Å². The van der Waals surface area contributed by atoms with Crippen LogP contribution in [0.25, 0.3) is 11.1 Å². The number of rotatable bonds is 0. The summed E-state index contributed by atoms with van der Waals surface area (Å²) >= 11 is 1.82. The van der Waals surface area contributed by atoms with Crippen LogP contribution in [-0.2, 0) is 9.49 Å². The summed E-state index contributed by atoms with van der Waals surface area (Å²) in [6.45, 7) is 0. The van der Waals surface area contributed by atoms with Crippen molar-refractivity contribution in [1.82, 2.24) is 0 Å². The molecule has 2 spiro atoms. The molecule has 2 heteroatoms. The van der Waals surface area contributed by atoms with Crippen LogP contribution in [-0.4, -0.2) is 20.9 Å². The molecule has 4 aromatic carbocycles. The second-order valence-corrected chi connectivity index (χ2v) is 12.2. The Bertz CT molecular complexity index is 1200. The van der Waals surface area contributed by atoms with Gasteiger partial charge in [-0.15, -0.1) is 0 Å². The van der Waals surface area contributed by atoms with Crippen LogP contribution >= 0.6 is 11.8 Å². The maximum atomic E-state index is 2.40. The third-order valence-corrected chi connectivity index (χ3v) is 11.6. The molecule has 1 fully saturated rings. The molecule has 0 N–H and O–H groups in total. The summed E-state index contributed by atoms with van der Waals surface area (Å²) in [5.41, 5.74) is 8.95. The van der Waals surface area contributed by atoms with E-state index in [-0.39, 0.29) is 30.4 Å². The van der Waals surface area contributed by atoms with Crippen molar-refractivity contribution >= 4 is 39.9 Å². The van der Waals surface area contributed by atoms with Gasteiger partial charge < -0.3 is 0 Å². The van der Waals surface area contributed by atoms with E-state index in [1.807, 2.05) is 0 Å². The minimum absolute atomic E-state index is 0.000219. The van der Waals surface area contributed by atoms with Gasteiger partial charge in [0.15, 0.2) is 0 Å². The Kier molecular flexibility index (Phi) is 3.03. The van der Waals surface area contributed by atoms with Crippen LogP contribution < -0.4 is 7.22 Å². The van der Waals surface area contributed by atoms with Gasteiger partial charge in [-0.1, -0.05) is 0 Å². The molecule has 1 saturated heterocycles. The first-order valence-electron chi connectivity index (χ1n) is 9.63. The summed E-state index contributed by atoms with van der Waals surface area (Å²) in [4.78, 5) is 0. The van der Waals surface area contributed by atoms with E-state index in [0.717, 1.165) is 0 Å². The number of thioether (sulfide) groups is 1. The topological polar surface area (TPSA) is 0 Å². The molecule has 0 saturated carbocycles. The van der Waals surface area contributed by atoms with Gasteiger partial charge in [-0.25, -0.2) is 0 Å². The predicted molar refractivity (Wildman–Crippen MR) is 119 cm³/mol. The van der Waals surface area contributed by atoms with Crippen LogP contribution in [0.2, 0.25) is 0 Å². The summed E-state index contributed by atoms with van der Waals surface area (Å²) in [6.07, 6.45) is 0. The molecule has 1 aliphatic carbocycles. The quantitative estimate of drug-likeness (QED) is 0.258. The zero-order valence-electron chi connectivity index (χ0n) is 15.1. The van der Waals surface area contributed by atoms with E-state index in [1.165, 1.54) is 22.3 Å². The molecule has 2 heterocycles. The van der Waals surface area contributed by atoms with E-state index in [0.29, 0.717) is 0 Å². The molecule has 0 nitrogen and oxygen atoms in total. The first-order valence-corrected chi connectivity index (χ1v) is 12.8. The summed E-state index contributed by atoms with van der Waals surface area (Å²) < 4.78 is 3.22. The van der Waals surface area contributed by atoms with Gasteiger partial charge in [0.2, 0.25) is 0 Å².